The number of carbonyl (C=O) groups excluding carboxylic acids is 2. The number of nitro benzene ring substituents is 1. The molecule has 10 nitrogen and oxygen atoms in total. The van der Waals surface area contributed by atoms with Crippen molar-refractivity contribution in [3.05, 3.63) is 112 Å². The van der Waals surface area contributed by atoms with Crippen LogP contribution in [-0.2, 0) is 14.3 Å². The maximum absolute atomic E-state index is 13.8. The van der Waals surface area contributed by atoms with Crippen LogP contribution in [-0.4, -0.2) is 32.6 Å². The Morgan fingerprint density at radius 2 is 1.83 bits per heavy atom. The van der Waals surface area contributed by atoms with Crippen LogP contribution >= 0.6 is 0 Å². The summed E-state index contributed by atoms with van der Waals surface area (Å²) in [5, 5.41) is 22.3. The summed E-state index contributed by atoms with van der Waals surface area (Å²) in [7, 11) is 0. The summed E-state index contributed by atoms with van der Waals surface area (Å²) in [6, 6.07) is 14.3. The highest BCUT2D eigenvalue weighted by atomic mass is 16.8. The molecule has 1 aliphatic rings. The predicted octanol–water partition coefficient (Wildman–Crippen LogP) is 3.56. The first kappa shape index (κ1) is 23.6. The number of ether oxygens (including phenoxy) is 2. The number of aliphatic hydroxyl groups is 1. The summed E-state index contributed by atoms with van der Waals surface area (Å²) >= 11 is 0. The van der Waals surface area contributed by atoms with E-state index in [-0.39, 0.29) is 22.5 Å². The molecule has 35 heavy (non-hydrogen) atoms. The lowest BCUT2D eigenvalue weighted by Gasteiger charge is -2.33. The largest absolute Gasteiger partial charge is 0.480 e. The van der Waals surface area contributed by atoms with Crippen LogP contribution in [0.5, 0.6) is 0 Å². The molecule has 0 saturated carbocycles. The SMILES string of the molecule is CC1(C)OC(=O)C(C(c2cccc([N+](=O)[O-])c2)C(C(=O)c2ccccn2)[n+]2ccccc2)=C(O)O1. The second kappa shape index (κ2) is 9.34. The van der Waals surface area contributed by atoms with Crippen molar-refractivity contribution in [3.8, 4) is 0 Å². The minimum atomic E-state index is -1.45. The van der Waals surface area contributed by atoms with Crippen molar-refractivity contribution in [2.45, 2.75) is 31.6 Å². The van der Waals surface area contributed by atoms with Gasteiger partial charge in [0.25, 0.3) is 17.4 Å². The minimum Gasteiger partial charge on any atom is -0.480 e. The van der Waals surface area contributed by atoms with Gasteiger partial charge in [-0.1, -0.05) is 24.3 Å². The normalized spacial score (nSPS) is 16.6. The zero-order valence-corrected chi connectivity index (χ0v) is 18.9. The predicted molar refractivity (Wildman–Crippen MR) is 121 cm³/mol. The molecule has 1 N–H and O–H groups in total. The van der Waals surface area contributed by atoms with Gasteiger partial charge >= 0.3 is 5.97 Å². The number of nitrogens with zero attached hydrogens (tertiary/aromatic N) is 3. The van der Waals surface area contributed by atoms with Gasteiger partial charge in [0.1, 0.15) is 11.3 Å². The Morgan fingerprint density at radius 1 is 1.09 bits per heavy atom. The first-order valence-corrected chi connectivity index (χ1v) is 10.7. The number of aromatic nitrogens is 2. The first-order chi connectivity index (χ1) is 16.7. The van der Waals surface area contributed by atoms with Gasteiger partial charge in [0.05, 0.1) is 10.8 Å². The number of ketones is 1. The third-order valence-electron chi connectivity index (χ3n) is 5.44. The Kier molecular flexibility index (Phi) is 6.28. The summed E-state index contributed by atoms with van der Waals surface area (Å²) < 4.78 is 12.3. The molecular weight excluding hydrogens is 454 g/mol. The van der Waals surface area contributed by atoms with E-state index in [0.717, 1.165) is 0 Å². The van der Waals surface area contributed by atoms with E-state index in [1.165, 1.54) is 50.4 Å². The molecule has 2 aromatic heterocycles. The lowest BCUT2D eigenvalue weighted by atomic mass is 9.81. The number of aliphatic hydroxyl groups excluding tert-OH is 1. The molecule has 3 heterocycles. The quantitative estimate of drug-likeness (QED) is 0.180. The highest BCUT2D eigenvalue weighted by molar-refractivity contribution is 5.99. The number of pyridine rings is 2. The molecule has 2 atom stereocenters. The second-order valence-corrected chi connectivity index (χ2v) is 8.29. The molecule has 1 aliphatic heterocycles. The number of hydrogen-bond acceptors (Lipinski definition) is 8. The van der Waals surface area contributed by atoms with Crippen molar-refractivity contribution < 1.29 is 33.7 Å². The highest BCUT2D eigenvalue weighted by Gasteiger charge is 2.49. The molecule has 0 amide bonds. The van der Waals surface area contributed by atoms with Crippen molar-refractivity contribution in [1.29, 1.82) is 0 Å². The van der Waals surface area contributed by atoms with Crippen LogP contribution in [0.3, 0.4) is 0 Å². The Balaban J connectivity index is 1.99. The fourth-order valence-corrected chi connectivity index (χ4v) is 3.99. The van der Waals surface area contributed by atoms with E-state index in [4.69, 9.17) is 9.47 Å². The Hall–Kier alpha value is -4.60. The van der Waals surface area contributed by atoms with Gasteiger partial charge in [0.15, 0.2) is 12.4 Å². The maximum atomic E-state index is 13.8. The molecule has 0 radical (unpaired) electrons. The lowest BCUT2D eigenvalue weighted by Crippen LogP contribution is -2.49. The molecule has 10 heteroatoms. The molecular formula is C25H22N3O7+. The van der Waals surface area contributed by atoms with Crippen LogP contribution in [0.15, 0.2) is 90.8 Å². The van der Waals surface area contributed by atoms with E-state index in [1.54, 1.807) is 47.3 Å². The van der Waals surface area contributed by atoms with Gasteiger partial charge < -0.3 is 14.6 Å². The van der Waals surface area contributed by atoms with Crippen molar-refractivity contribution >= 4 is 17.4 Å². The van der Waals surface area contributed by atoms with Crippen LogP contribution in [0, 0.1) is 10.1 Å². The zero-order chi connectivity index (χ0) is 25.2. The molecule has 0 saturated heterocycles. The number of rotatable bonds is 7. The van der Waals surface area contributed by atoms with E-state index in [2.05, 4.69) is 4.98 Å². The van der Waals surface area contributed by atoms with E-state index in [1.807, 2.05) is 0 Å². The fraction of sp³-hybridized carbons (Fsp3) is 0.200. The Bertz CT molecular complexity index is 1310. The molecule has 178 valence electrons. The molecule has 0 aliphatic carbocycles. The number of hydrogen-bond donors (Lipinski definition) is 1. The van der Waals surface area contributed by atoms with Gasteiger partial charge in [-0.25, -0.2) is 4.79 Å². The van der Waals surface area contributed by atoms with Gasteiger partial charge in [-0.2, -0.15) is 4.57 Å². The van der Waals surface area contributed by atoms with E-state index in [9.17, 15) is 24.8 Å². The van der Waals surface area contributed by atoms with Crippen LogP contribution in [0.1, 0.15) is 41.9 Å². The molecule has 2 unspecified atom stereocenters. The van der Waals surface area contributed by atoms with Crippen molar-refractivity contribution in [3.63, 3.8) is 0 Å². The number of non-ortho nitro benzene ring substituents is 1. The highest BCUT2D eigenvalue weighted by Crippen LogP contribution is 2.41. The summed E-state index contributed by atoms with van der Waals surface area (Å²) in [6.07, 6.45) is 4.69. The minimum absolute atomic E-state index is 0.106. The summed E-state index contributed by atoms with van der Waals surface area (Å²) in [5.74, 6) is -4.79. The summed E-state index contributed by atoms with van der Waals surface area (Å²) in [4.78, 5) is 42.1. The number of cyclic esters (lactones) is 1. The third-order valence-corrected chi connectivity index (χ3v) is 5.44. The molecule has 0 bridgehead atoms. The monoisotopic (exact) mass is 476 g/mol. The Morgan fingerprint density at radius 3 is 2.46 bits per heavy atom. The second-order valence-electron chi connectivity index (χ2n) is 8.29. The molecule has 3 aromatic rings. The van der Waals surface area contributed by atoms with Gasteiger partial charge in [0.2, 0.25) is 11.8 Å². The van der Waals surface area contributed by atoms with Crippen molar-refractivity contribution in [2.75, 3.05) is 0 Å². The third kappa shape index (κ3) is 4.86. The lowest BCUT2D eigenvalue weighted by molar-refractivity contribution is -0.710. The first-order valence-electron chi connectivity index (χ1n) is 10.7. The topological polar surface area (TPSA) is 133 Å². The van der Waals surface area contributed by atoms with Gasteiger partial charge in [-0.15, -0.1) is 0 Å². The maximum Gasteiger partial charge on any atom is 0.345 e. The van der Waals surface area contributed by atoms with Crippen LogP contribution in [0.4, 0.5) is 5.69 Å². The molecule has 4 rings (SSSR count). The molecule has 1 aromatic carbocycles. The summed E-state index contributed by atoms with van der Waals surface area (Å²) in [5.41, 5.74) is -0.253. The number of benzene rings is 1. The van der Waals surface area contributed by atoms with Gasteiger partial charge in [0, 0.05) is 44.3 Å². The molecule has 0 spiro atoms. The van der Waals surface area contributed by atoms with Crippen molar-refractivity contribution in [1.82, 2.24) is 4.98 Å². The average Bonchev–Trinajstić information content (AvgIpc) is 2.83. The van der Waals surface area contributed by atoms with Crippen molar-refractivity contribution in [2.24, 2.45) is 0 Å². The zero-order valence-electron chi connectivity index (χ0n) is 18.9. The number of esters is 1. The van der Waals surface area contributed by atoms with Crippen LogP contribution in [0.25, 0.3) is 0 Å². The van der Waals surface area contributed by atoms with E-state index in [0.29, 0.717) is 0 Å². The number of carbonyl (C=O) groups is 2. The van der Waals surface area contributed by atoms with Crippen LogP contribution in [0.2, 0.25) is 0 Å². The smallest absolute Gasteiger partial charge is 0.345 e. The summed E-state index contributed by atoms with van der Waals surface area (Å²) in [6.45, 7) is 2.89. The average molecular weight is 476 g/mol. The number of nitro groups is 1. The number of Topliss-reactive ketones (excluding diaryl/α,β-unsaturated/α-hetero) is 1. The van der Waals surface area contributed by atoms with Gasteiger partial charge in [-0.05, 0) is 17.7 Å². The van der Waals surface area contributed by atoms with Crippen LogP contribution < -0.4 is 4.57 Å². The van der Waals surface area contributed by atoms with E-state index < -0.39 is 40.4 Å². The standard InChI is InChI=1S/C25H21N3O7/c1-25(2)34-23(30)20(24(31)35-25)19(16-9-8-10-17(15-16)28(32)33)21(27-13-6-3-7-14-27)22(29)18-11-4-5-12-26-18/h3-15,19,21H,1-2H3/p+1. The molecule has 0 fully saturated rings. The Labute approximate surface area is 200 Å². The fourth-order valence-electron chi connectivity index (χ4n) is 3.99. The van der Waals surface area contributed by atoms with Gasteiger partial charge in [-0.3, -0.25) is 19.9 Å². The van der Waals surface area contributed by atoms with E-state index >= 15 is 0 Å².